The van der Waals surface area contributed by atoms with Crippen molar-refractivity contribution in [3.8, 4) is 6.07 Å². The molecule has 16 heavy (non-hydrogen) atoms. The van der Waals surface area contributed by atoms with Crippen molar-refractivity contribution >= 4 is 11.6 Å². The first kappa shape index (κ1) is 10.7. The van der Waals surface area contributed by atoms with Crippen LogP contribution in [0.15, 0.2) is 48.8 Å². The quantitative estimate of drug-likeness (QED) is 0.790. The molecule has 1 aromatic carbocycles. The first-order valence-corrected chi connectivity index (χ1v) is 5.24. The zero-order valence-electron chi connectivity index (χ0n) is 8.47. The molecule has 0 aliphatic carbocycles. The lowest BCUT2D eigenvalue weighted by Gasteiger charge is -2.10. The average Bonchev–Trinajstić information content (AvgIpc) is 2.34. The van der Waals surface area contributed by atoms with Gasteiger partial charge in [-0.2, -0.15) is 5.26 Å². The van der Waals surface area contributed by atoms with E-state index in [1.807, 2.05) is 30.3 Å². The molecule has 2 aromatic rings. The maximum atomic E-state index is 9.22. The Morgan fingerprint density at radius 1 is 1.19 bits per heavy atom. The number of aromatic nitrogens is 1. The summed E-state index contributed by atoms with van der Waals surface area (Å²) in [6, 6.07) is 13.5. The van der Waals surface area contributed by atoms with Gasteiger partial charge in [0.25, 0.3) is 0 Å². The van der Waals surface area contributed by atoms with Crippen molar-refractivity contribution in [2.24, 2.45) is 0 Å². The third kappa shape index (κ3) is 2.05. The van der Waals surface area contributed by atoms with Gasteiger partial charge in [0, 0.05) is 23.0 Å². The lowest BCUT2D eigenvalue weighted by molar-refractivity contribution is 1.02. The van der Waals surface area contributed by atoms with Crippen molar-refractivity contribution in [2.75, 3.05) is 0 Å². The molecule has 1 atom stereocenters. The van der Waals surface area contributed by atoms with Gasteiger partial charge in [-0.1, -0.05) is 41.9 Å². The number of hydrogen-bond donors (Lipinski definition) is 0. The molecule has 2 nitrogen and oxygen atoms in total. The SMILES string of the molecule is N#C[C@@H](c1ccccc1)c1cnccc1Cl. The van der Waals surface area contributed by atoms with Crippen LogP contribution in [0, 0.1) is 11.3 Å². The lowest BCUT2D eigenvalue weighted by Crippen LogP contribution is -1.99. The van der Waals surface area contributed by atoms with E-state index < -0.39 is 0 Å². The predicted molar refractivity (Wildman–Crippen MR) is 63.1 cm³/mol. The normalized spacial score (nSPS) is 11.8. The molecule has 3 heteroatoms. The summed E-state index contributed by atoms with van der Waals surface area (Å²) in [5.74, 6) is -0.359. The Morgan fingerprint density at radius 2 is 1.94 bits per heavy atom. The average molecular weight is 229 g/mol. The number of nitrogens with zero attached hydrogens (tertiary/aromatic N) is 2. The van der Waals surface area contributed by atoms with Gasteiger partial charge in [0.1, 0.15) is 0 Å². The van der Waals surface area contributed by atoms with Crippen LogP contribution in [0.2, 0.25) is 5.02 Å². The van der Waals surface area contributed by atoms with Crippen molar-refractivity contribution in [1.82, 2.24) is 4.98 Å². The molecule has 0 aliphatic rings. The molecule has 1 heterocycles. The van der Waals surface area contributed by atoms with E-state index in [0.717, 1.165) is 11.1 Å². The second-order valence-electron chi connectivity index (χ2n) is 3.37. The Bertz CT molecular complexity index is 517. The molecule has 0 spiro atoms. The predicted octanol–water partition coefficient (Wildman–Crippen LogP) is 3.39. The van der Waals surface area contributed by atoms with E-state index in [4.69, 9.17) is 11.6 Å². The van der Waals surface area contributed by atoms with Gasteiger partial charge >= 0.3 is 0 Å². The Labute approximate surface area is 99.1 Å². The van der Waals surface area contributed by atoms with Gasteiger partial charge < -0.3 is 0 Å². The van der Waals surface area contributed by atoms with Crippen LogP contribution in [0.1, 0.15) is 17.0 Å². The highest BCUT2D eigenvalue weighted by atomic mass is 35.5. The van der Waals surface area contributed by atoms with Crippen molar-refractivity contribution < 1.29 is 0 Å². The molecule has 0 saturated carbocycles. The topological polar surface area (TPSA) is 36.7 Å². The van der Waals surface area contributed by atoms with Crippen LogP contribution in [0.25, 0.3) is 0 Å². The number of rotatable bonds is 2. The standard InChI is InChI=1S/C13H9ClN2/c14-13-6-7-16-9-12(13)11(8-15)10-4-2-1-3-5-10/h1-7,9,11H/t11-/m0/s1. The first-order valence-electron chi connectivity index (χ1n) is 4.87. The summed E-state index contributed by atoms with van der Waals surface area (Å²) >= 11 is 6.06. The molecule has 0 aliphatic heterocycles. The van der Waals surface area contributed by atoms with Gasteiger partial charge in [-0.05, 0) is 11.6 Å². The highest BCUT2D eigenvalue weighted by molar-refractivity contribution is 6.31. The molecule has 0 saturated heterocycles. The number of halogens is 1. The fourth-order valence-electron chi connectivity index (χ4n) is 1.57. The molecule has 1 aromatic heterocycles. The Hall–Kier alpha value is -1.85. The minimum Gasteiger partial charge on any atom is -0.264 e. The lowest BCUT2D eigenvalue weighted by atomic mass is 9.94. The summed E-state index contributed by atoms with van der Waals surface area (Å²) in [7, 11) is 0. The minimum atomic E-state index is -0.359. The summed E-state index contributed by atoms with van der Waals surface area (Å²) in [6.07, 6.45) is 3.26. The summed E-state index contributed by atoms with van der Waals surface area (Å²) in [5.41, 5.74) is 1.68. The summed E-state index contributed by atoms with van der Waals surface area (Å²) in [5, 5.41) is 9.80. The Kier molecular flexibility index (Phi) is 3.19. The van der Waals surface area contributed by atoms with Crippen molar-refractivity contribution in [1.29, 1.82) is 5.26 Å². The van der Waals surface area contributed by atoms with Crippen molar-refractivity contribution in [3.63, 3.8) is 0 Å². The zero-order valence-corrected chi connectivity index (χ0v) is 9.22. The molecule has 0 bridgehead atoms. The van der Waals surface area contributed by atoms with E-state index in [-0.39, 0.29) is 5.92 Å². The number of benzene rings is 1. The Balaban J connectivity index is 2.47. The fourth-order valence-corrected chi connectivity index (χ4v) is 1.79. The van der Waals surface area contributed by atoms with Crippen LogP contribution in [0.4, 0.5) is 0 Å². The van der Waals surface area contributed by atoms with Gasteiger partial charge in [0.15, 0.2) is 0 Å². The number of nitriles is 1. The molecular formula is C13H9ClN2. The molecule has 0 unspecified atom stereocenters. The minimum absolute atomic E-state index is 0.359. The van der Waals surface area contributed by atoms with E-state index >= 15 is 0 Å². The summed E-state index contributed by atoms with van der Waals surface area (Å²) in [6.45, 7) is 0. The third-order valence-electron chi connectivity index (χ3n) is 2.37. The smallest absolute Gasteiger partial charge is 0.0991 e. The molecule has 2 rings (SSSR count). The van der Waals surface area contributed by atoms with Crippen LogP contribution in [0.5, 0.6) is 0 Å². The van der Waals surface area contributed by atoms with E-state index in [9.17, 15) is 5.26 Å². The first-order chi connectivity index (χ1) is 7.83. The van der Waals surface area contributed by atoms with Crippen LogP contribution in [-0.4, -0.2) is 4.98 Å². The van der Waals surface area contributed by atoms with Crippen LogP contribution in [0.3, 0.4) is 0 Å². The van der Waals surface area contributed by atoms with Crippen LogP contribution < -0.4 is 0 Å². The van der Waals surface area contributed by atoms with E-state index in [2.05, 4.69) is 11.1 Å². The van der Waals surface area contributed by atoms with Gasteiger partial charge in [0.2, 0.25) is 0 Å². The molecule has 78 valence electrons. The van der Waals surface area contributed by atoms with Gasteiger partial charge in [-0.3, -0.25) is 4.98 Å². The highest BCUT2D eigenvalue weighted by Crippen LogP contribution is 2.28. The van der Waals surface area contributed by atoms with Crippen molar-refractivity contribution in [3.05, 3.63) is 64.9 Å². The zero-order chi connectivity index (χ0) is 11.4. The fraction of sp³-hybridized carbons (Fsp3) is 0.0769. The number of pyridine rings is 1. The molecule has 0 fully saturated rings. The third-order valence-corrected chi connectivity index (χ3v) is 2.71. The maximum absolute atomic E-state index is 9.22. The van der Waals surface area contributed by atoms with Gasteiger partial charge in [-0.25, -0.2) is 0 Å². The molecular weight excluding hydrogens is 220 g/mol. The molecule has 0 amide bonds. The number of hydrogen-bond acceptors (Lipinski definition) is 2. The van der Waals surface area contributed by atoms with Crippen LogP contribution >= 0.6 is 11.6 Å². The second-order valence-corrected chi connectivity index (χ2v) is 3.78. The second kappa shape index (κ2) is 4.78. The maximum Gasteiger partial charge on any atom is 0.0991 e. The van der Waals surface area contributed by atoms with Gasteiger partial charge in [-0.15, -0.1) is 0 Å². The van der Waals surface area contributed by atoms with Crippen molar-refractivity contribution in [2.45, 2.75) is 5.92 Å². The summed E-state index contributed by atoms with van der Waals surface area (Å²) in [4.78, 5) is 4.00. The van der Waals surface area contributed by atoms with Gasteiger partial charge in [0.05, 0.1) is 12.0 Å². The highest BCUT2D eigenvalue weighted by Gasteiger charge is 2.15. The van der Waals surface area contributed by atoms with E-state index in [0.29, 0.717) is 5.02 Å². The van der Waals surface area contributed by atoms with E-state index in [1.165, 1.54) is 0 Å². The molecule has 0 N–H and O–H groups in total. The largest absolute Gasteiger partial charge is 0.264 e. The van der Waals surface area contributed by atoms with E-state index in [1.54, 1.807) is 18.5 Å². The monoisotopic (exact) mass is 228 g/mol. The Morgan fingerprint density at radius 3 is 2.56 bits per heavy atom. The molecule has 0 radical (unpaired) electrons. The summed E-state index contributed by atoms with van der Waals surface area (Å²) < 4.78 is 0. The van der Waals surface area contributed by atoms with Crippen LogP contribution in [-0.2, 0) is 0 Å².